The van der Waals surface area contributed by atoms with Crippen molar-refractivity contribution in [3.05, 3.63) is 34.3 Å². The summed E-state index contributed by atoms with van der Waals surface area (Å²) in [6.07, 6.45) is 7.10. The molecule has 5 atom stereocenters. The lowest BCUT2D eigenvalue weighted by Gasteiger charge is -2.32. The van der Waals surface area contributed by atoms with Gasteiger partial charge in [-0.1, -0.05) is 41.4 Å². The lowest BCUT2D eigenvalue weighted by Crippen LogP contribution is -2.38. The summed E-state index contributed by atoms with van der Waals surface area (Å²) < 4.78 is 1.18. The number of benzene rings is 1. The van der Waals surface area contributed by atoms with Crippen molar-refractivity contribution in [2.24, 2.45) is 17.8 Å². The van der Waals surface area contributed by atoms with Crippen molar-refractivity contribution in [2.45, 2.75) is 58.0 Å². The first kappa shape index (κ1) is 14.6. The Labute approximate surface area is 131 Å². The second kappa shape index (κ2) is 6.19. The third-order valence-electron chi connectivity index (χ3n) is 5.56. The molecule has 2 heteroatoms. The molecule has 110 valence electrons. The number of halogens is 1. The molecule has 2 bridgehead atoms. The zero-order chi connectivity index (χ0) is 14.1. The van der Waals surface area contributed by atoms with Gasteiger partial charge in [0.05, 0.1) is 0 Å². The van der Waals surface area contributed by atoms with Crippen molar-refractivity contribution in [1.29, 1.82) is 0 Å². The van der Waals surface area contributed by atoms with Crippen LogP contribution in [-0.4, -0.2) is 6.04 Å². The molecule has 0 aromatic heterocycles. The van der Waals surface area contributed by atoms with E-state index in [9.17, 15) is 0 Å². The molecule has 20 heavy (non-hydrogen) atoms. The Bertz CT molecular complexity index is 458. The monoisotopic (exact) mass is 335 g/mol. The molecule has 2 saturated carbocycles. The minimum absolute atomic E-state index is 0.488. The van der Waals surface area contributed by atoms with Gasteiger partial charge in [0, 0.05) is 16.6 Å². The Balaban J connectivity index is 1.65. The molecule has 1 N–H and O–H groups in total. The van der Waals surface area contributed by atoms with E-state index in [-0.39, 0.29) is 0 Å². The van der Waals surface area contributed by atoms with E-state index in [0.29, 0.717) is 12.1 Å². The molecule has 2 fully saturated rings. The molecule has 5 unspecified atom stereocenters. The molecule has 0 amide bonds. The van der Waals surface area contributed by atoms with Gasteiger partial charge in [-0.3, -0.25) is 0 Å². The molecule has 0 radical (unpaired) electrons. The van der Waals surface area contributed by atoms with Gasteiger partial charge in [0.2, 0.25) is 0 Å². The summed E-state index contributed by atoms with van der Waals surface area (Å²) in [7, 11) is 0. The molecule has 1 nitrogen and oxygen atoms in total. The lowest BCUT2D eigenvalue weighted by atomic mass is 9.83. The highest BCUT2D eigenvalue weighted by molar-refractivity contribution is 9.10. The van der Waals surface area contributed by atoms with E-state index in [0.717, 1.165) is 24.2 Å². The second-order valence-corrected chi connectivity index (χ2v) is 7.73. The van der Waals surface area contributed by atoms with Crippen LogP contribution in [0.4, 0.5) is 0 Å². The molecule has 0 spiro atoms. The first-order valence-corrected chi connectivity index (χ1v) is 8.98. The van der Waals surface area contributed by atoms with Gasteiger partial charge >= 0.3 is 0 Å². The smallest absolute Gasteiger partial charge is 0.0320 e. The predicted molar refractivity (Wildman–Crippen MR) is 88.7 cm³/mol. The Morgan fingerprint density at radius 3 is 2.75 bits per heavy atom. The molecule has 0 saturated heterocycles. The maximum absolute atomic E-state index is 3.92. The van der Waals surface area contributed by atoms with Crippen molar-refractivity contribution in [3.8, 4) is 0 Å². The molecule has 3 rings (SSSR count). The fourth-order valence-electron chi connectivity index (χ4n) is 4.52. The van der Waals surface area contributed by atoms with E-state index in [1.54, 1.807) is 0 Å². The zero-order valence-electron chi connectivity index (χ0n) is 12.6. The third-order valence-corrected chi connectivity index (χ3v) is 6.05. The number of hydrogen-bond donors (Lipinski definition) is 1. The SMILES string of the molecule is CCC(NC(C)C1CC2CCC1C2)c1cccc(Br)c1. The van der Waals surface area contributed by atoms with Crippen LogP contribution in [0.1, 0.15) is 57.6 Å². The van der Waals surface area contributed by atoms with E-state index < -0.39 is 0 Å². The fraction of sp³-hybridized carbons (Fsp3) is 0.667. The Morgan fingerprint density at radius 1 is 1.30 bits per heavy atom. The third kappa shape index (κ3) is 2.96. The maximum Gasteiger partial charge on any atom is 0.0320 e. The molecule has 0 aliphatic heterocycles. The molecule has 2 aliphatic rings. The largest absolute Gasteiger partial charge is 0.307 e. The average Bonchev–Trinajstić information content (AvgIpc) is 3.07. The second-order valence-electron chi connectivity index (χ2n) is 6.81. The molecule has 1 aromatic rings. The standard InChI is InChI=1S/C18H26BrN/c1-3-18(15-5-4-6-16(19)11-15)20-12(2)17-10-13-7-8-14(17)9-13/h4-6,11-14,17-18,20H,3,7-10H2,1-2H3. The minimum Gasteiger partial charge on any atom is -0.307 e. The van der Waals surface area contributed by atoms with Crippen LogP contribution in [0.2, 0.25) is 0 Å². The van der Waals surface area contributed by atoms with Crippen LogP contribution >= 0.6 is 15.9 Å². The highest BCUT2D eigenvalue weighted by atomic mass is 79.9. The summed E-state index contributed by atoms with van der Waals surface area (Å²) in [5.74, 6) is 2.96. The van der Waals surface area contributed by atoms with E-state index in [2.05, 4.69) is 59.4 Å². The Morgan fingerprint density at radius 2 is 2.15 bits per heavy atom. The minimum atomic E-state index is 0.488. The molecule has 0 heterocycles. The summed E-state index contributed by atoms with van der Waals surface area (Å²) in [5.41, 5.74) is 1.41. The summed E-state index contributed by atoms with van der Waals surface area (Å²) in [6, 6.07) is 9.89. The molecule has 1 aromatic carbocycles. The van der Waals surface area contributed by atoms with Crippen molar-refractivity contribution >= 4 is 15.9 Å². The van der Waals surface area contributed by atoms with Crippen molar-refractivity contribution in [2.75, 3.05) is 0 Å². The van der Waals surface area contributed by atoms with Gasteiger partial charge in [0.15, 0.2) is 0 Å². The van der Waals surface area contributed by atoms with E-state index in [1.807, 2.05) is 0 Å². The number of hydrogen-bond acceptors (Lipinski definition) is 1. The van der Waals surface area contributed by atoms with Gasteiger partial charge in [-0.15, -0.1) is 0 Å². The van der Waals surface area contributed by atoms with Crippen molar-refractivity contribution in [3.63, 3.8) is 0 Å². The first-order chi connectivity index (χ1) is 9.67. The van der Waals surface area contributed by atoms with Crippen molar-refractivity contribution < 1.29 is 0 Å². The summed E-state index contributed by atoms with van der Waals surface area (Å²) >= 11 is 3.59. The molecule has 2 aliphatic carbocycles. The first-order valence-electron chi connectivity index (χ1n) is 8.19. The van der Waals surface area contributed by atoms with Crippen molar-refractivity contribution in [1.82, 2.24) is 5.32 Å². The van der Waals surface area contributed by atoms with Crippen LogP contribution in [0.3, 0.4) is 0 Å². The van der Waals surface area contributed by atoms with E-state index in [1.165, 1.54) is 35.7 Å². The van der Waals surface area contributed by atoms with Crippen LogP contribution in [-0.2, 0) is 0 Å². The molecular weight excluding hydrogens is 310 g/mol. The molecular formula is C18H26BrN. The van der Waals surface area contributed by atoms with Gasteiger partial charge in [0.25, 0.3) is 0 Å². The number of rotatable bonds is 5. The quantitative estimate of drug-likeness (QED) is 0.768. The fourth-order valence-corrected chi connectivity index (χ4v) is 4.94. The Kier molecular flexibility index (Phi) is 4.52. The van der Waals surface area contributed by atoms with Gasteiger partial charge in [0.1, 0.15) is 0 Å². The summed E-state index contributed by atoms with van der Waals surface area (Å²) in [5, 5.41) is 3.92. The summed E-state index contributed by atoms with van der Waals surface area (Å²) in [6.45, 7) is 4.69. The van der Waals surface area contributed by atoms with Crippen LogP contribution in [0, 0.1) is 17.8 Å². The van der Waals surface area contributed by atoms with Gasteiger partial charge in [-0.2, -0.15) is 0 Å². The highest BCUT2D eigenvalue weighted by Crippen LogP contribution is 2.49. The topological polar surface area (TPSA) is 12.0 Å². The Hall–Kier alpha value is -0.340. The van der Waals surface area contributed by atoms with E-state index in [4.69, 9.17) is 0 Å². The predicted octanol–water partition coefficient (Wildman–Crippen LogP) is 5.31. The highest BCUT2D eigenvalue weighted by Gasteiger charge is 2.41. The number of fused-ring (bicyclic) bond motifs is 2. The lowest BCUT2D eigenvalue weighted by molar-refractivity contribution is 0.243. The maximum atomic E-state index is 3.92. The zero-order valence-corrected chi connectivity index (χ0v) is 14.2. The summed E-state index contributed by atoms with van der Waals surface area (Å²) in [4.78, 5) is 0. The van der Waals surface area contributed by atoms with Gasteiger partial charge in [-0.25, -0.2) is 0 Å². The number of nitrogens with one attached hydrogen (secondary N) is 1. The van der Waals surface area contributed by atoms with Gasteiger partial charge in [-0.05, 0) is 68.1 Å². The van der Waals surface area contributed by atoms with Crippen LogP contribution < -0.4 is 5.32 Å². The van der Waals surface area contributed by atoms with Crippen LogP contribution in [0.15, 0.2) is 28.7 Å². The average molecular weight is 336 g/mol. The van der Waals surface area contributed by atoms with Gasteiger partial charge < -0.3 is 5.32 Å². The van der Waals surface area contributed by atoms with Crippen LogP contribution in [0.5, 0.6) is 0 Å². The van der Waals surface area contributed by atoms with E-state index >= 15 is 0 Å². The normalized spacial score (nSPS) is 31.4. The van der Waals surface area contributed by atoms with Crippen LogP contribution in [0.25, 0.3) is 0 Å².